The first-order valence-corrected chi connectivity index (χ1v) is 6.22. The fourth-order valence-electron chi connectivity index (χ4n) is 1.57. The number of hydrazine groups is 1. The fourth-order valence-corrected chi connectivity index (χ4v) is 2.72. The second-order valence-electron chi connectivity index (χ2n) is 3.56. The van der Waals surface area contributed by atoms with Crippen LogP contribution in [0.3, 0.4) is 0 Å². The molecule has 2 aromatic rings. The fraction of sp³-hybridized carbons (Fsp3) is 0. The van der Waals surface area contributed by atoms with Gasteiger partial charge in [0.1, 0.15) is 5.52 Å². The van der Waals surface area contributed by atoms with E-state index in [2.05, 4.69) is 10.4 Å². The Kier molecular flexibility index (Phi) is 2.53. The largest absolute Gasteiger partial charge is 0.272 e. The minimum Gasteiger partial charge on any atom is -0.267 e. The van der Waals surface area contributed by atoms with Crippen LogP contribution in [-0.4, -0.2) is 21.8 Å². The molecule has 1 aromatic heterocycles. The van der Waals surface area contributed by atoms with Crippen LogP contribution in [0.1, 0.15) is 0 Å². The molecule has 3 rings (SSSR count). The van der Waals surface area contributed by atoms with Gasteiger partial charge in [0, 0.05) is 12.2 Å². The number of imide groups is 1. The summed E-state index contributed by atoms with van der Waals surface area (Å²) >= 11 is 7.32. The zero-order valence-corrected chi connectivity index (χ0v) is 10.5. The molecule has 0 unspecified atom stereocenters. The normalized spacial score (nSPS) is 14.8. The van der Waals surface area contributed by atoms with Crippen molar-refractivity contribution in [3.05, 3.63) is 35.4 Å². The standard InChI is InChI=1S/C11H6ClN3O2S/c12-6-2-1-3-7-10(6)13-11(18-7)14-15-8(16)4-5-9(15)17/h1-5H,(H,13,14). The number of fused-ring (bicyclic) bond motifs is 1. The van der Waals surface area contributed by atoms with E-state index in [1.165, 1.54) is 23.5 Å². The topological polar surface area (TPSA) is 62.3 Å². The summed E-state index contributed by atoms with van der Waals surface area (Å²) in [6.45, 7) is 0. The molecule has 1 N–H and O–H groups in total. The van der Waals surface area contributed by atoms with Gasteiger partial charge in [0.05, 0.1) is 9.72 Å². The predicted molar refractivity (Wildman–Crippen MR) is 69.2 cm³/mol. The van der Waals surface area contributed by atoms with Gasteiger partial charge in [0.2, 0.25) is 5.13 Å². The molecule has 1 aromatic carbocycles. The smallest absolute Gasteiger partial charge is 0.267 e. The molecule has 0 saturated carbocycles. The van der Waals surface area contributed by atoms with Crippen molar-refractivity contribution in [2.75, 3.05) is 5.43 Å². The number of benzene rings is 1. The first-order valence-electron chi connectivity index (χ1n) is 5.03. The van der Waals surface area contributed by atoms with E-state index in [9.17, 15) is 9.59 Å². The van der Waals surface area contributed by atoms with Crippen LogP contribution >= 0.6 is 22.9 Å². The van der Waals surface area contributed by atoms with E-state index >= 15 is 0 Å². The maximum atomic E-state index is 11.4. The van der Waals surface area contributed by atoms with Gasteiger partial charge in [0.25, 0.3) is 11.8 Å². The number of halogens is 1. The third-order valence-electron chi connectivity index (χ3n) is 2.39. The Morgan fingerprint density at radius 3 is 2.61 bits per heavy atom. The SMILES string of the molecule is O=C1C=CC(=O)N1Nc1nc2c(Cl)cccc2s1. The molecule has 1 aliphatic rings. The van der Waals surface area contributed by atoms with E-state index in [0.717, 1.165) is 9.71 Å². The van der Waals surface area contributed by atoms with Crippen LogP contribution in [0.4, 0.5) is 5.13 Å². The number of amides is 2. The van der Waals surface area contributed by atoms with E-state index in [0.29, 0.717) is 15.7 Å². The molecule has 90 valence electrons. The van der Waals surface area contributed by atoms with Gasteiger partial charge in [-0.05, 0) is 12.1 Å². The summed E-state index contributed by atoms with van der Waals surface area (Å²) in [4.78, 5) is 27.0. The Balaban J connectivity index is 1.94. The van der Waals surface area contributed by atoms with Gasteiger partial charge in [-0.3, -0.25) is 15.0 Å². The van der Waals surface area contributed by atoms with Crippen LogP contribution in [0, 0.1) is 0 Å². The number of hydrogen-bond donors (Lipinski definition) is 1. The molecule has 5 nitrogen and oxygen atoms in total. The molecule has 0 spiro atoms. The molecule has 2 heterocycles. The summed E-state index contributed by atoms with van der Waals surface area (Å²) in [6.07, 6.45) is 2.41. The molecular formula is C11H6ClN3O2S. The number of aromatic nitrogens is 1. The average Bonchev–Trinajstić information content (AvgIpc) is 2.89. The first-order chi connectivity index (χ1) is 8.65. The number of para-hydroxylation sites is 1. The van der Waals surface area contributed by atoms with E-state index in [-0.39, 0.29) is 0 Å². The molecule has 0 atom stereocenters. The number of hydrogen-bond acceptors (Lipinski definition) is 5. The van der Waals surface area contributed by atoms with Crippen molar-refractivity contribution in [3.8, 4) is 0 Å². The zero-order chi connectivity index (χ0) is 12.7. The highest BCUT2D eigenvalue weighted by molar-refractivity contribution is 7.22. The first kappa shape index (κ1) is 11.2. The molecule has 7 heteroatoms. The van der Waals surface area contributed by atoms with Crippen molar-refractivity contribution in [1.29, 1.82) is 0 Å². The second-order valence-corrected chi connectivity index (χ2v) is 5.00. The average molecular weight is 280 g/mol. The molecule has 1 aliphatic heterocycles. The van der Waals surface area contributed by atoms with Gasteiger partial charge in [-0.1, -0.05) is 29.0 Å². The highest BCUT2D eigenvalue weighted by atomic mass is 35.5. The predicted octanol–water partition coefficient (Wildman–Crippen LogP) is 2.20. The number of carbonyl (C=O) groups excluding carboxylic acids is 2. The number of carbonyl (C=O) groups is 2. The van der Waals surface area contributed by atoms with E-state index in [1.54, 1.807) is 6.07 Å². The number of thiazole rings is 1. The molecule has 0 saturated heterocycles. The van der Waals surface area contributed by atoms with Gasteiger partial charge in [0.15, 0.2) is 0 Å². The van der Waals surface area contributed by atoms with Crippen LogP contribution in [0.5, 0.6) is 0 Å². The summed E-state index contributed by atoms with van der Waals surface area (Å²) in [7, 11) is 0. The zero-order valence-electron chi connectivity index (χ0n) is 8.88. The molecule has 0 aliphatic carbocycles. The monoisotopic (exact) mass is 279 g/mol. The summed E-state index contributed by atoms with van der Waals surface area (Å²) < 4.78 is 0.886. The Bertz CT molecular complexity index is 677. The van der Waals surface area contributed by atoms with E-state index in [1.807, 2.05) is 12.1 Å². The lowest BCUT2D eigenvalue weighted by atomic mass is 10.3. The highest BCUT2D eigenvalue weighted by Crippen LogP contribution is 2.31. The molecule has 0 fully saturated rings. The van der Waals surface area contributed by atoms with E-state index < -0.39 is 11.8 Å². The van der Waals surface area contributed by atoms with Crippen molar-refractivity contribution in [2.45, 2.75) is 0 Å². The quantitative estimate of drug-likeness (QED) is 0.856. The van der Waals surface area contributed by atoms with Crippen LogP contribution in [0.25, 0.3) is 10.2 Å². The summed E-state index contributed by atoms with van der Waals surface area (Å²) in [6, 6.07) is 5.43. The second kappa shape index (κ2) is 4.08. The Morgan fingerprint density at radius 1 is 1.22 bits per heavy atom. The minimum absolute atomic E-state index is 0.412. The van der Waals surface area contributed by atoms with Gasteiger partial charge in [-0.25, -0.2) is 4.98 Å². The Hall–Kier alpha value is -1.92. The Morgan fingerprint density at radius 2 is 1.94 bits per heavy atom. The number of anilines is 1. The number of rotatable bonds is 2. The van der Waals surface area contributed by atoms with Crippen LogP contribution in [0.15, 0.2) is 30.4 Å². The highest BCUT2D eigenvalue weighted by Gasteiger charge is 2.24. The maximum Gasteiger partial charge on any atom is 0.272 e. The number of nitrogens with one attached hydrogen (secondary N) is 1. The van der Waals surface area contributed by atoms with Crippen molar-refractivity contribution >= 4 is 50.1 Å². The van der Waals surface area contributed by atoms with Crippen LogP contribution < -0.4 is 5.43 Å². The lowest BCUT2D eigenvalue weighted by Gasteiger charge is -2.13. The maximum absolute atomic E-state index is 11.4. The van der Waals surface area contributed by atoms with Gasteiger partial charge in [-0.2, -0.15) is 5.01 Å². The van der Waals surface area contributed by atoms with Gasteiger partial charge < -0.3 is 0 Å². The lowest BCUT2D eigenvalue weighted by molar-refractivity contribution is -0.135. The molecule has 18 heavy (non-hydrogen) atoms. The van der Waals surface area contributed by atoms with Crippen LogP contribution in [0.2, 0.25) is 5.02 Å². The molecule has 0 radical (unpaired) electrons. The lowest BCUT2D eigenvalue weighted by Crippen LogP contribution is -2.35. The summed E-state index contributed by atoms with van der Waals surface area (Å²) in [5, 5.41) is 1.89. The molecule has 0 bridgehead atoms. The van der Waals surface area contributed by atoms with Gasteiger partial charge >= 0.3 is 0 Å². The molecular weight excluding hydrogens is 274 g/mol. The van der Waals surface area contributed by atoms with Crippen LogP contribution in [-0.2, 0) is 9.59 Å². The minimum atomic E-state index is -0.412. The molecule has 2 amide bonds. The Labute approximate surface area is 111 Å². The third kappa shape index (κ3) is 1.75. The number of nitrogens with zero attached hydrogens (tertiary/aromatic N) is 2. The summed E-state index contributed by atoms with van der Waals surface area (Å²) in [5.41, 5.74) is 3.33. The third-order valence-corrected chi connectivity index (χ3v) is 3.62. The van der Waals surface area contributed by atoms with Gasteiger partial charge in [-0.15, -0.1) is 0 Å². The van der Waals surface area contributed by atoms with Crippen molar-refractivity contribution in [1.82, 2.24) is 9.99 Å². The van der Waals surface area contributed by atoms with Crippen molar-refractivity contribution < 1.29 is 9.59 Å². The van der Waals surface area contributed by atoms with Crippen molar-refractivity contribution in [2.24, 2.45) is 0 Å². The van der Waals surface area contributed by atoms with E-state index in [4.69, 9.17) is 11.6 Å². The summed E-state index contributed by atoms with van der Waals surface area (Å²) in [5.74, 6) is -0.823. The van der Waals surface area contributed by atoms with Crippen molar-refractivity contribution in [3.63, 3.8) is 0 Å².